The molecule has 98 valence electrons. The van der Waals surface area contributed by atoms with E-state index in [1.54, 1.807) is 18.2 Å². The van der Waals surface area contributed by atoms with Gasteiger partial charge in [-0.1, -0.05) is 35.9 Å². The van der Waals surface area contributed by atoms with Crippen molar-refractivity contribution in [3.8, 4) is 0 Å². The van der Waals surface area contributed by atoms with E-state index in [1.807, 2.05) is 31.2 Å². The average molecular weight is 339 g/mol. The quantitative estimate of drug-likeness (QED) is 0.871. The summed E-state index contributed by atoms with van der Waals surface area (Å²) in [5.41, 5.74) is 2.89. The number of benzene rings is 2. The Bertz CT molecular complexity index is 613. The van der Waals surface area contributed by atoms with E-state index in [4.69, 9.17) is 11.6 Å². The molecule has 0 radical (unpaired) electrons. The zero-order valence-corrected chi connectivity index (χ0v) is 12.8. The molecule has 0 aliphatic carbocycles. The van der Waals surface area contributed by atoms with E-state index in [9.17, 15) is 4.79 Å². The van der Waals surface area contributed by atoms with Crippen LogP contribution in [-0.2, 0) is 11.2 Å². The van der Waals surface area contributed by atoms with E-state index in [2.05, 4.69) is 21.2 Å². The highest BCUT2D eigenvalue weighted by atomic mass is 79.9. The van der Waals surface area contributed by atoms with Gasteiger partial charge in [0.15, 0.2) is 0 Å². The van der Waals surface area contributed by atoms with Crippen LogP contribution >= 0.6 is 27.5 Å². The SMILES string of the molecule is Cc1ccccc1CC(=O)Nc1ccc(Cl)c(Br)c1. The molecular weight excluding hydrogens is 326 g/mol. The summed E-state index contributed by atoms with van der Waals surface area (Å²) < 4.78 is 0.767. The Hall–Kier alpha value is -1.32. The second kappa shape index (κ2) is 6.22. The number of hydrogen-bond donors (Lipinski definition) is 1. The number of aryl methyl sites for hydroxylation is 1. The lowest BCUT2D eigenvalue weighted by molar-refractivity contribution is -0.115. The van der Waals surface area contributed by atoms with Crippen LogP contribution in [0.3, 0.4) is 0 Å². The molecule has 2 aromatic rings. The minimum Gasteiger partial charge on any atom is -0.326 e. The lowest BCUT2D eigenvalue weighted by Crippen LogP contribution is -2.14. The predicted octanol–water partition coefficient (Wildman–Crippen LogP) is 4.59. The standard InChI is InChI=1S/C15H13BrClNO/c1-10-4-2-3-5-11(10)8-15(19)18-12-6-7-14(17)13(16)9-12/h2-7,9H,8H2,1H3,(H,18,19). The number of amides is 1. The maximum atomic E-state index is 12.0. The third kappa shape index (κ3) is 3.82. The van der Waals surface area contributed by atoms with Gasteiger partial charge in [-0.3, -0.25) is 4.79 Å². The number of nitrogens with one attached hydrogen (secondary N) is 1. The zero-order valence-electron chi connectivity index (χ0n) is 10.4. The van der Waals surface area contributed by atoms with Gasteiger partial charge in [-0.2, -0.15) is 0 Å². The lowest BCUT2D eigenvalue weighted by atomic mass is 10.1. The summed E-state index contributed by atoms with van der Waals surface area (Å²) in [5, 5.41) is 3.48. The summed E-state index contributed by atoms with van der Waals surface area (Å²) in [4.78, 5) is 12.0. The second-order valence-corrected chi connectivity index (χ2v) is 5.54. The molecule has 1 N–H and O–H groups in total. The molecule has 2 nitrogen and oxygen atoms in total. The summed E-state index contributed by atoms with van der Waals surface area (Å²) in [5.74, 6) is -0.0384. The van der Waals surface area contributed by atoms with Crippen molar-refractivity contribution in [1.82, 2.24) is 0 Å². The van der Waals surface area contributed by atoms with Crippen molar-refractivity contribution < 1.29 is 4.79 Å². The first-order valence-corrected chi connectivity index (χ1v) is 7.03. The summed E-state index contributed by atoms with van der Waals surface area (Å²) in [6.07, 6.45) is 0.368. The third-order valence-corrected chi connectivity index (χ3v) is 4.03. The first kappa shape index (κ1) is 14.1. The molecule has 19 heavy (non-hydrogen) atoms. The van der Waals surface area contributed by atoms with Crippen LogP contribution in [0.4, 0.5) is 5.69 Å². The largest absolute Gasteiger partial charge is 0.326 e. The molecule has 0 aliphatic rings. The highest BCUT2D eigenvalue weighted by Crippen LogP contribution is 2.25. The summed E-state index contributed by atoms with van der Waals surface area (Å²) in [7, 11) is 0. The molecule has 0 aromatic heterocycles. The molecule has 2 aromatic carbocycles. The fraction of sp³-hybridized carbons (Fsp3) is 0.133. The van der Waals surface area contributed by atoms with E-state index in [0.717, 1.165) is 21.3 Å². The Labute approximate surface area is 125 Å². The van der Waals surface area contributed by atoms with Gasteiger partial charge < -0.3 is 5.32 Å². The van der Waals surface area contributed by atoms with Gasteiger partial charge in [0.25, 0.3) is 0 Å². The van der Waals surface area contributed by atoms with Gasteiger partial charge in [-0.15, -0.1) is 0 Å². The van der Waals surface area contributed by atoms with Crippen LogP contribution in [0.1, 0.15) is 11.1 Å². The monoisotopic (exact) mass is 337 g/mol. The van der Waals surface area contributed by atoms with Gasteiger partial charge in [0.1, 0.15) is 0 Å². The van der Waals surface area contributed by atoms with Crippen LogP contribution in [0.5, 0.6) is 0 Å². The maximum Gasteiger partial charge on any atom is 0.228 e. The molecule has 1 amide bonds. The number of halogens is 2. The van der Waals surface area contributed by atoms with E-state index in [-0.39, 0.29) is 5.91 Å². The lowest BCUT2D eigenvalue weighted by Gasteiger charge is -2.08. The Kier molecular flexibility index (Phi) is 4.61. The molecule has 0 aliphatic heterocycles. The molecular formula is C15H13BrClNO. The van der Waals surface area contributed by atoms with Gasteiger partial charge in [-0.25, -0.2) is 0 Å². The molecule has 0 fully saturated rings. The fourth-order valence-corrected chi connectivity index (χ4v) is 2.26. The van der Waals surface area contributed by atoms with E-state index < -0.39 is 0 Å². The van der Waals surface area contributed by atoms with Crippen LogP contribution < -0.4 is 5.32 Å². The van der Waals surface area contributed by atoms with Crippen molar-refractivity contribution in [2.24, 2.45) is 0 Å². The number of rotatable bonds is 3. The minimum absolute atomic E-state index is 0.0384. The Morgan fingerprint density at radius 2 is 2.00 bits per heavy atom. The van der Waals surface area contributed by atoms with Crippen molar-refractivity contribution in [2.75, 3.05) is 5.32 Å². The molecule has 0 unspecified atom stereocenters. The Morgan fingerprint density at radius 1 is 1.26 bits per heavy atom. The van der Waals surface area contributed by atoms with Crippen LogP contribution in [0.2, 0.25) is 5.02 Å². The van der Waals surface area contributed by atoms with Crippen LogP contribution in [0.25, 0.3) is 0 Å². The van der Waals surface area contributed by atoms with E-state index >= 15 is 0 Å². The van der Waals surface area contributed by atoms with Gasteiger partial charge in [0.2, 0.25) is 5.91 Å². The van der Waals surface area contributed by atoms with Gasteiger partial charge in [0, 0.05) is 10.2 Å². The number of carbonyl (C=O) groups excluding carboxylic acids is 1. The number of anilines is 1. The minimum atomic E-state index is -0.0384. The number of hydrogen-bond acceptors (Lipinski definition) is 1. The molecule has 0 saturated heterocycles. The Morgan fingerprint density at radius 3 is 2.68 bits per heavy atom. The van der Waals surface area contributed by atoms with Crippen LogP contribution in [0.15, 0.2) is 46.9 Å². The first-order valence-electron chi connectivity index (χ1n) is 5.85. The van der Waals surface area contributed by atoms with Crippen molar-refractivity contribution in [2.45, 2.75) is 13.3 Å². The van der Waals surface area contributed by atoms with Crippen molar-refractivity contribution >= 4 is 39.1 Å². The first-order chi connectivity index (χ1) is 9.06. The highest BCUT2D eigenvalue weighted by molar-refractivity contribution is 9.10. The smallest absolute Gasteiger partial charge is 0.228 e. The summed E-state index contributed by atoms with van der Waals surface area (Å²) in [6, 6.07) is 13.2. The van der Waals surface area contributed by atoms with Crippen LogP contribution in [0, 0.1) is 6.92 Å². The Balaban J connectivity index is 2.05. The normalized spacial score (nSPS) is 10.3. The van der Waals surface area contributed by atoms with Crippen molar-refractivity contribution in [3.63, 3.8) is 0 Å². The topological polar surface area (TPSA) is 29.1 Å². The average Bonchev–Trinajstić information content (AvgIpc) is 2.37. The van der Waals surface area contributed by atoms with Crippen LogP contribution in [-0.4, -0.2) is 5.91 Å². The van der Waals surface area contributed by atoms with E-state index in [1.165, 1.54) is 0 Å². The second-order valence-electron chi connectivity index (χ2n) is 4.28. The molecule has 0 heterocycles. The van der Waals surface area contributed by atoms with E-state index in [0.29, 0.717) is 11.4 Å². The zero-order chi connectivity index (χ0) is 13.8. The molecule has 2 rings (SSSR count). The highest BCUT2D eigenvalue weighted by Gasteiger charge is 2.07. The van der Waals surface area contributed by atoms with Gasteiger partial charge in [-0.05, 0) is 52.2 Å². The van der Waals surface area contributed by atoms with Crippen molar-refractivity contribution in [1.29, 1.82) is 0 Å². The van der Waals surface area contributed by atoms with Gasteiger partial charge in [0.05, 0.1) is 11.4 Å². The molecule has 0 spiro atoms. The molecule has 0 bridgehead atoms. The molecule has 0 atom stereocenters. The fourth-order valence-electron chi connectivity index (χ4n) is 1.76. The summed E-state index contributed by atoms with van der Waals surface area (Å²) in [6.45, 7) is 2.00. The summed E-state index contributed by atoms with van der Waals surface area (Å²) >= 11 is 9.24. The van der Waals surface area contributed by atoms with Gasteiger partial charge >= 0.3 is 0 Å². The molecule has 4 heteroatoms. The third-order valence-electron chi connectivity index (χ3n) is 2.82. The maximum absolute atomic E-state index is 12.0. The number of carbonyl (C=O) groups is 1. The predicted molar refractivity (Wildman–Crippen MR) is 82.7 cm³/mol. The van der Waals surface area contributed by atoms with Crippen molar-refractivity contribution in [3.05, 3.63) is 63.1 Å². The molecule has 0 saturated carbocycles.